The summed E-state index contributed by atoms with van der Waals surface area (Å²) >= 11 is 3.50. The lowest BCUT2D eigenvalue weighted by atomic mass is 10.1. The van der Waals surface area contributed by atoms with Gasteiger partial charge < -0.3 is 4.90 Å². The molecule has 0 spiro atoms. The fraction of sp³-hybridized carbons (Fsp3) is 0.158. The van der Waals surface area contributed by atoms with Gasteiger partial charge in [-0.3, -0.25) is 4.98 Å². The van der Waals surface area contributed by atoms with E-state index in [0.29, 0.717) is 19.4 Å². The molecule has 0 atom stereocenters. The normalized spacial score (nSPS) is 10.5. The monoisotopic (exact) mass is 383 g/mol. The third kappa shape index (κ3) is 3.55. The van der Waals surface area contributed by atoms with E-state index in [9.17, 15) is 4.39 Å². The molecule has 0 fully saturated rings. The van der Waals surface area contributed by atoms with Gasteiger partial charge in [-0.2, -0.15) is 5.26 Å². The number of fused-ring (bicyclic) bond motifs is 1. The number of pyridine rings is 1. The minimum absolute atomic E-state index is 0.280. The highest BCUT2D eigenvalue weighted by atomic mass is 79.9. The van der Waals surface area contributed by atoms with Crippen LogP contribution in [0.25, 0.3) is 10.9 Å². The van der Waals surface area contributed by atoms with Crippen molar-refractivity contribution in [3.63, 3.8) is 0 Å². The molecule has 1 aromatic heterocycles. The highest BCUT2D eigenvalue weighted by Crippen LogP contribution is 2.33. The van der Waals surface area contributed by atoms with Crippen LogP contribution in [0.2, 0.25) is 0 Å². The highest BCUT2D eigenvalue weighted by molar-refractivity contribution is 9.10. The molecule has 0 radical (unpaired) electrons. The zero-order valence-corrected chi connectivity index (χ0v) is 14.5. The quantitative estimate of drug-likeness (QED) is 0.540. The van der Waals surface area contributed by atoms with Crippen molar-refractivity contribution in [2.24, 2.45) is 0 Å². The zero-order valence-electron chi connectivity index (χ0n) is 12.9. The Balaban J connectivity index is 2.11. The SMILES string of the molecule is N#CCCCN(c1cccc(F)c1)c1ccnc2ccc(Br)cc12. The molecule has 0 N–H and O–H groups in total. The molecule has 0 saturated carbocycles. The summed E-state index contributed by atoms with van der Waals surface area (Å²) in [6.07, 6.45) is 2.91. The molecule has 0 aliphatic rings. The van der Waals surface area contributed by atoms with Gasteiger partial charge in [0, 0.05) is 34.7 Å². The Hall–Kier alpha value is -2.45. The van der Waals surface area contributed by atoms with Crippen molar-refractivity contribution in [3.8, 4) is 6.07 Å². The summed E-state index contributed by atoms with van der Waals surface area (Å²) in [5, 5.41) is 9.81. The Bertz CT molecular complexity index is 904. The summed E-state index contributed by atoms with van der Waals surface area (Å²) in [5.74, 6) is -0.280. The predicted molar refractivity (Wildman–Crippen MR) is 97.7 cm³/mol. The van der Waals surface area contributed by atoms with E-state index in [2.05, 4.69) is 27.0 Å². The number of rotatable bonds is 5. The van der Waals surface area contributed by atoms with Crippen LogP contribution >= 0.6 is 15.9 Å². The average Bonchev–Trinajstić information content (AvgIpc) is 2.58. The molecule has 0 unspecified atom stereocenters. The van der Waals surface area contributed by atoms with Crippen molar-refractivity contribution in [2.45, 2.75) is 12.8 Å². The van der Waals surface area contributed by atoms with Crippen molar-refractivity contribution < 1.29 is 4.39 Å². The fourth-order valence-electron chi connectivity index (χ4n) is 2.69. The number of hydrogen-bond acceptors (Lipinski definition) is 3. The van der Waals surface area contributed by atoms with E-state index in [1.807, 2.05) is 35.2 Å². The molecule has 0 amide bonds. The van der Waals surface area contributed by atoms with E-state index in [1.54, 1.807) is 12.3 Å². The van der Waals surface area contributed by atoms with E-state index < -0.39 is 0 Å². The summed E-state index contributed by atoms with van der Waals surface area (Å²) in [6.45, 7) is 0.628. The standard InChI is InChI=1S/C19H15BrFN3/c20-14-6-7-18-17(12-14)19(8-10-23-18)24(11-2-1-9-22)16-5-3-4-15(21)13-16/h3-8,10,12-13H,1-2,11H2. The van der Waals surface area contributed by atoms with Crippen LogP contribution in [-0.2, 0) is 0 Å². The van der Waals surface area contributed by atoms with Gasteiger partial charge in [-0.25, -0.2) is 4.39 Å². The number of anilines is 2. The van der Waals surface area contributed by atoms with Crippen molar-refractivity contribution in [1.29, 1.82) is 5.26 Å². The summed E-state index contributed by atoms with van der Waals surface area (Å²) in [5.41, 5.74) is 2.59. The number of unbranched alkanes of at least 4 members (excludes halogenated alkanes) is 1. The van der Waals surface area contributed by atoms with Crippen molar-refractivity contribution in [2.75, 3.05) is 11.4 Å². The molecule has 24 heavy (non-hydrogen) atoms. The first kappa shape index (κ1) is 16.4. The highest BCUT2D eigenvalue weighted by Gasteiger charge is 2.14. The Kier molecular flexibility index (Phi) is 5.07. The summed E-state index contributed by atoms with van der Waals surface area (Å²) in [4.78, 5) is 6.44. The molecule has 3 aromatic rings. The molecule has 0 aliphatic carbocycles. The molecule has 0 saturated heterocycles. The van der Waals surface area contributed by atoms with Crippen LogP contribution in [0.15, 0.2) is 59.2 Å². The fourth-order valence-corrected chi connectivity index (χ4v) is 3.05. The van der Waals surface area contributed by atoms with Gasteiger partial charge in [0.2, 0.25) is 0 Å². The maximum absolute atomic E-state index is 13.7. The van der Waals surface area contributed by atoms with Crippen LogP contribution in [0.3, 0.4) is 0 Å². The molecule has 3 rings (SSSR count). The van der Waals surface area contributed by atoms with Crippen LogP contribution in [0.4, 0.5) is 15.8 Å². The first-order valence-corrected chi connectivity index (χ1v) is 8.42. The van der Waals surface area contributed by atoms with Crippen LogP contribution < -0.4 is 4.90 Å². The van der Waals surface area contributed by atoms with E-state index in [-0.39, 0.29) is 5.82 Å². The maximum atomic E-state index is 13.7. The van der Waals surface area contributed by atoms with Gasteiger partial charge in [-0.15, -0.1) is 0 Å². The van der Waals surface area contributed by atoms with E-state index in [4.69, 9.17) is 5.26 Å². The van der Waals surface area contributed by atoms with Crippen molar-refractivity contribution >= 4 is 38.2 Å². The first-order chi connectivity index (χ1) is 11.7. The van der Waals surface area contributed by atoms with Crippen LogP contribution in [0.5, 0.6) is 0 Å². The molecular formula is C19H15BrFN3. The minimum Gasteiger partial charge on any atom is -0.341 e. The molecule has 120 valence electrons. The number of nitrogens with zero attached hydrogens (tertiary/aromatic N) is 3. The number of halogens is 2. The zero-order chi connectivity index (χ0) is 16.9. The molecule has 2 aromatic carbocycles. The summed E-state index contributed by atoms with van der Waals surface area (Å²) in [7, 11) is 0. The summed E-state index contributed by atoms with van der Waals surface area (Å²) in [6, 6.07) is 16.5. The number of hydrogen-bond donors (Lipinski definition) is 0. The number of aromatic nitrogens is 1. The molecular weight excluding hydrogens is 369 g/mol. The molecule has 0 bridgehead atoms. The third-order valence-corrected chi connectivity index (χ3v) is 4.25. The second-order valence-electron chi connectivity index (χ2n) is 5.38. The van der Waals surface area contributed by atoms with Crippen molar-refractivity contribution in [1.82, 2.24) is 4.98 Å². The largest absolute Gasteiger partial charge is 0.341 e. The summed E-state index contributed by atoms with van der Waals surface area (Å²) < 4.78 is 14.7. The Morgan fingerprint density at radius 3 is 2.83 bits per heavy atom. The van der Waals surface area contributed by atoms with Gasteiger partial charge in [0.25, 0.3) is 0 Å². The van der Waals surface area contributed by atoms with E-state index >= 15 is 0 Å². The molecule has 3 nitrogen and oxygen atoms in total. The Morgan fingerprint density at radius 2 is 2.04 bits per heavy atom. The van der Waals surface area contributed by atoms with Crippen LogP contribution in [0.1, 0.15) is 12.8 Å². The topological polar surface area (TPSA) is 39.9 Å². The molecule has 5 heteroatoms. The van der Waals surface area contributed by atoms with Gasteiger partial charge in [0.1, 0.15) is 5.82 Å². The van der Waals surface area contributed by atoms with Gasteiger partial charge in [0.05, 0.1) is 17.3 Å². The van der Waals surface area contributed by atoms with E-state index in [0.717, 1.165) is 26.8 Å². The van der Waals surface area contributed by atoms with Crippen molar-refractivity contribution in [3.05, 3.63) is 65.0 Å². The molecule has 0 aliphatic heterocycles. The van der Waals surface area contributed by atoms with Gasteiger partial charge in [-0.05, 0) is 48.9 Å². The lowest BCUT2D eigenvalue weighted by molar-refractivity contribution is 0.627. The number of nitriles is 1. The predicted octanol–water partition coefficient (Wildman–Crippen LogP) is 5.58. The lowest BCUT2D eigenvalue weighted by Crippen LogP contribution is -2.19. The van der Waals surface area contributed by atoms with Crippen LogP contribution in [-0.4, -0.2) is 11.5 Å². The Labute approximate surface area is 148 Å². The second kappa shape index (κ2) is 7.41. The smallest absolute Gasteiger partial charge is 0.125 e. The minimum atomic E-state index is -0.280. The maximum Gasteiger partial charge on any atom is 0.125 e. The van der Waals surface area contributed by atoms with E-state index in [1.165, 1.54) is 12.1 Å². The lowest BCUT2D eigenvalue weighted by Gasteiger charge is -2.26. The second-order valence-corrected chi connectivity index (χ2v) is 6.30. The number of benzene rings is 2. The van der Waals surface area contributed by atoms with Gasteiger partial charge >= 0.3 is 0 Å². The first-order valence-electron chi connectivity index (χ1n) is 7.63. The Morgan fingerprint density at radius 1 is 1.17 bits per heavy atom. The third-order valence-electron chi connectivity index (χ3n) is 3.76. The average molecular weight is 384 g/mol. The molecule has 1 heterocycles. The van der Waals surface area contributed by atoms with Gasteiger partial charge in [0.15, 0.2) is 0 Å². The van der Waals surface area contributed by atoms with Crippen LogP contribution in [0, 0.1) is 17.1 Å². The van der Waals surface area contributed by atoms with Gasteiger partial charge in [-0.1, -0.05) is 22.0 Å².